The molecule has 23 aromatic carbocycles. The van der Waals surface area contributed by atoms with Crippen molar-refractivity contribution in [1.29, 1.82) is 0 Å². The van der Waals surface area contributed by atoms with Gasteiger partial charge in [-0.3, -0.25) is 0 Å². The van der Waals surface area contributed by atoms with Crippen molar-refractivity contribution in [2.45, 2.75) is 131 Å². The Morgan fingerprint density at radius 3 is 0.436 bits per heavy atom. The predicted octanol–water partition coefficient (Wildman–Crippen LogP) is 41.3. The zero-order chi connectivity index (χ0) is 101. The van der Waals surface area contributed by atoms with Crippen LogP contribution in [0.2, 0.25) is 0 Å². The molecule has 0 bridgehead atoms. The first-order chi connectivity index (χ1) is 71.9. The maximum Gasteiger partial charge on any atom is 0.0620 e. The van der Waals surface area contributed by atoms with E-state index in [2.05, 4.69) is 554 Å². The minimum Gasteiger partial charge on any atom is -0.308 e. The molecule has 0 atom stereocenters. The maximum atomic E-state index is 2.55. The predicted molar refractivity (Wildman–Crippen MR) is 645 cm³/mol. The molecule has 0 unspecified atom stereocenters. The summed E-state index contributed by atoms with van der Waals surface area (Å²) < 4.78 is 7.63. The summed E-state index contributed by atoms with van der Waals surface area (Å²) in [4.78, 5) is 0. The van der Waals surface area contributed by atoms with Crippen molar-refractivity contribution >= 4 is 179 Å². The van der Waals surface area contributed by atoms with Crippen molar-refractivity contribution in [1.82, 2.24) is 13.2 Å². The molecule has 0 saturated heterocycles. The lowest BCUT2D eigenvalue weighted by Gasteiger charge is -2.19. The Kier molecular flexibility index (Phi) is 20.6. The Morgan fingerprint density at radius 2 is 0.262 bits per heavy atom. The molecule has 149 heavy (non-hydrogen) atoms. The van der Waals surface area contributed by atoms with Gasteiger partial charge in [0.1, 0.15) is 0 Å². The van der Waals surface area contributed by atoms with Crippen LogP contribution in [0.3, 0.4) is 0 Å². The van der Waals surface area contributed by atoms with E-state index in [1.165, 1.54) is 296 Å². The number of hydrogen-bond donors (Lipinski definition) is 0. The number of fused-ring (bicyclic) bond motifs is 24. The molecule has 716 valence electrons. The summed E-state index contributed by atoms with van der Waals surface area (Å²) >= 11 is 0. The van der Waals surface area contributed by atoms with Crippen LogP contribution >= 0.6 is 0 Å². The Hall–Kier alpha value is -17.0. The van der Waals surface area contributed by atoms with Crippen LogP contribution in [0.15, 0.2) is 437 Å². The molecule has 0 fully saturated rings. The fourth-order valence-electron chi connectivity index (χ4n) is 24.0. The third kappa shape index (κ3) is 15.5. The lowest BCUT2D eigenvalue weighted by atomic mass is 9.85. The van der Waals surface area contributed by atoms with Gasteiger partial charge in [-0.1, -0.05) is 395 Å². The second kappa shape index (κ2) is 33.8. The van der Waals surface area contributed by atoms with Gasteiger partial charge in [-0.15, -0.1) is 0 Å². The van der Waals surface area contributed by atoms with Crippen LogP contribution in [-0.2, 0) is 27.1 Å². The monoisotopic (exact) mass is 1910 g/mol. The van der Waals surface area contributed by atoms with Crippen LogP contribution in [0, 0.1) is 0 Å². The molecule has 3 nitrogen and oxygen atoms in total. The molecular formula is C146H117N3. The van der Waals surface area contributed by atoms with Crippen LogP contribution in [0.1, 0.15) is 132 Å². The third-order valence-electron chi connectivity index (χ3n) is 32.5. The quantitative estimate of drug-likeness (QED) is 0.144. The topological polar surface area (TPSA) is 13.2 Å². The Morgan fingerprint density at radius 1 is 0.114 bits per heavy atom. The lowest BCUT2D eigenvalue weighted by Crippen LogP contribution is -2.10. The van der Waals surface area contributed by atoms with Crippen LogP contribution in [0.5, 0.6) is 0 Å². The molecule has 0 radical (unpaired) electrons. The smallest absolute Gasteiger partial charge is 0.0620 e. The molecule has 0 aliphatic carbocycles. The van der Waals surface area contributed by atoms with E-state index in [0.717, 1.165) is 0 Å². The second-order valence-electron chi connectivity index (χ2n) is 47.4. The van der Waals surface area contributed by atoms with Gasteiger partial charge >= 0.3 is 0 Å². The first-order valence-corrected chi connectivity index (χ1v) is 53.0. The van der Waals surface area contributed by atoms with Gasteiger partial charge < -0.3 is 13.2 Å². The molecular weight excluding hydrogens is 1800 g/mol. The van der Waals surface area contributed by atoms with Crippen molar-refractivity contribution in [2.24, 2.45) is 0 Å². The van der Waals surface area contributed by atoms with E-state index >= 15 is 0 Å². The number of benzene rings is 23. The van der Waals surface area contributed by atoms with Gasteiger partial charge in [0.2, 0.25) is 0 Å². The summed E-state index contributed by atoms with van der Waals surface area (Å²) in [6.07, 6.45) is 0. The highest BCUT2D eigenvalue weighted by Crippen LogP contribution is 2.51. The Balaban J connectivity index is 0.000000111. The molecule has 0 spiro atoms. The van der Waals surface area contributed by atoms with Crippen molar-refractivity contribution in [3.8, 4) is 89.0 Å². The van der Waals surface area contributed by atoms with Gasteiger partial charge in [0.05, 0.1) is 49.7 Å². The zero-order valence-corrected chi connectivity index (χ0v) is 87.4. The average molecular weight is 1910 g/mol. The SMILES string of the molecule is CC(C)(C)c1cc2c3cc4ccc(-c5ccc(-c6ccccc6)cc5)cc4cc3n3c4cc5cc(-c6ccc(-c7ccccc7)cc6)ccc5cc4c(c1)c23.CC(C)(C)c1cc2c3cc4ccc(-c5ccccc5)cc4cc3n3c4cc5cc(-c6ccccc6)ccc5cc4c(c1)c23.CC(C)(C)c1ccc(-c2ccc3cc4c5cc(C(C)(C)C)cc6c7cc8ccc(-c9ccc(C(C)(C)C)cc9)cc8cc7n(c4cc3c2)c56)cc1. The molecule has 3 heteroatoms. The summed E-state index contributed by atoms with van der Waals surface area (Å²) in [5, 5.41) is 31.2. The molecule has 29 rings (SSSR count). The Bertz CT molecular complexity index is 9880. The summed E-state index contributed by atoms with van der Waals surface area (Å²) in [6, 6.07) is 164. The maximum absolute atomic E-state index is 2.55. The van der Waals surface area contributed by atoms with Crippen molar-refractivity contribution < 1.29 is 0 Å². The largest absolute Gasteiger partial charge is 0.308 e. The molecule has 0 N–H and O–H groups in total. The van der Waals surface area contributed by atoms with E-state index in [9.17, 15) is 0 Å². The fourth-order valence-corrected chi connectivity index (χ4v) is 24.0. The molecule has 6 heterocycles. The summed E-state index contributed by atoms with van der Waals surface area (Å²) in [7, 11) is 0. The molecule has 0 saturated carbocycles. The summed E-state index contributed by atoms with van der Waals surface area (Å²) in [5.41, 5.74) is 38.7. The molecule has 0 amide bonds. The lowest BCUT2D eigenvalue weighted by molar-refractivity contribution is 0.590. The van der Waals surface area contributed by atoms with Crippen LogP contribution in [0.25, 0.3) is 268 Å². The highest BCUT2D eigenvalue weighted by molar-refractivity contribution is 6.30. The summed E-state index contributed by atoms with van der Waals surface area (Å²) in [5.74, 6) is 0. The highest BCUT2D eigenvalue weighted by Gasteiger charge is 2.30. The van der Waals surface area contributed by atoms with E-state index in [4.69, 9.17) is 0 Å². The number of nitrogens with zero attached hydrogens (tertiary/aromatic N) is 3. The first kappa shape index (κ1) is 90.8. The average Bonchev–Trinajstić information content (AvgIpc) is 1.54. The molecule has 0 aliphatic heterocycles. The van der Waals surface area contributed by atoms with Gasteiger partial charge in [0.25, 0.3) is 0 Å². The van der Waals surface area contributed by atoms with E-state index in [-0.39, 0.29) is 27.1 Å². The number of hydrogen-bond acceptors (Lipinski definition) is 0. The zero-order valence-electron chi connectivity index (χ0n) is 87.4. The third-order valence-corrected chi connectivity index (χ3v) is 32.5. The van der Waals surface area contributed by atoms with Gasteiger partial charge in [0.15, 0.2) is 0 Å². The molecule has 6 aromatic heterocycles. The van der Waals surface area contributed by atoms with Crippen LogP contribution in [-0.4, -0.2) is 13.2 Å². The van der Waals surface area contributed by atoms with Gasteiger partial charge in [-0.2, -0.15) is 0 Å². The Labute approximate surface area is 870 Å². The van der Waals surface area contributed by atoms with Gasteiger partial charge in [-0.05, 0) is 354 Å². The standard InChI is InChI=1S/C54H39N.C50H47N.C42H31N/c1-54(2,3)46-32-49-47-28-42-24-22-40(38-18-14-36(15-19-38)34-10-6-4-7-11-34)26-44(42)30-51(47)55-52-31-45-27-41(23-25-43(45)29-48(52)50(33-46)53(49)55)39-20-16-37(17-21-39)35-12-8-5-9-13-35;1-48(2,3)38-18-14-30(15-19-38)32-10-12-34-24-41-43-28-40(50(7,8)9)29-44-42-25-35-13-11-33(31-16-20-39(21-17-31)49(4,5)6)23-37(35)27-46(42)51(47(43)44)45(41)26-36(34)22-32;1-42(2,3)34-24-37-35-20-30-16-14-28(26-10-6-4-7-11-26)18-32(30)22-39(35)43-40-23-33-19-29(27-12-8-5-9-13-27)15-17-31(33)21-36(40)38(25-34)41(37)43/h4-33H,1-3H3;10-29H,1-9H3;4-25H,1-3H3. The number of aromatic nitrogens is 3. The minimum atomic E-state index is 0.0193. The summed E-state index contributed by atoms with van der Waals surface area (Å²) in [6.45, 7) is 34.6. The van der Waals surface area contributed by atoms with E-state index in [1.54, 1.807) is 0 Å². The molecule has 29 aromatic rings. The second-order valence-corrected chi connectivity index (χ2v) is 47.4. The van der Waals surface area contributed by atoms with Crippen molar-refractivity contribution in [3.05, 3.63) is 465 Å². The highest BCUT2D eigenvalue weighted by atomic mass is 14.9. The normalized spacial score (nSPS) is 12.7. The minimum absolute atomic E-state index is 0.0193. The van der Waals surface area contributed by atoms with Crippen molar-refractivity contribution in [2.75, 3.05) is 0 Å². The van der Waals surface area contributed by atoms with Gasteiger partial charge in [-0.25, -0.2) is 0 Å². The first-order valence-electron chi connectivity index (χ1n) is 53.0. The van der Waals surface area contributed by atoms with Gasteiger partial charge in [0, 0.05) is 64.6 Å². The van der Waals surface area contributed by atoms with Crippen LogP contribution < -0.4 is 0 Å². The van der Waals surface area contributed by atoms with Crippen LogP contribution in [0.4, 0.5) is 0 Å². The van der Waals surface area contributed by atoms with E-state index in [0.29, 0.717) is 0 Å². The molecule has 0 aliphatic rings. The van der Waals surface area contributed by atoms with E-state index in [1.807, 2.05) is 0 Å². The fraction of sp³-hybridized carbons (Fsp3) is 0.137. The van der Waals surface area contributed by atoms with E-state index < -0.39 is 0 Å². The number of rotatable bonds is 8. The van der Waals surface area contributed by atoms with Crippen molar-refractivity contribution in [3.63, 3.8) is 0 Å².